The SMILES string of the molecule is CCC(NC1CC(c2cccc(OC)c2)C1)C(C)C. The van der Waals surface area contributed by atoms with Gasteiger partial charge in [0.15, 0.2) is 0 Å². The van der Waals surface area contributed by atoms with Crippen LogP contribution in [0, 0.1) is 5.92 Å². The summed E-state index contributed by atoms with van der Waals surface area (Å²) >= 11 is 0. The maximum Gasteiger partial charge on any atom is 0.119 e. The maximum absolute atomic E-state index is 5.30. The highest BCUT2D eigenvalue weighted by atomic mass is 16.5. The monoisotopic (exact) mass is 261 g/mol. The lowest BCUT2D eigenvalue weighted by Crippen LogP contribution is -2.47. The quantitative estimate of drug-likeness (QED) is 0.836. The van der Waals surface area contributed by atoms with Gasteiger partial charge in [0, 0.05) is 12.1 Å². The molecule has 2 heteroatoms. The third kappa shape index (κ3) is 3.50. The van der Waals surface area contributed by atoms with Gasteiger partial charge in [-0.25, -0.2) is 0 Å². The Labute approximate surface area is 117 Å². The summed E-state index contributed by atoms with van der Waals surface area (Å²) in [5.74, 6) is 2.40. The summed E-state index contributed by atoms with van der Waals surface area (Å²) < 4.78 is 5.30. The molecule has 19 heavy (non-hydrogen) atoms. The minimum Gasteiger partial charge on any atom is -0.497 e. The number of hydrogen-bond acceptors (Lipinski definition) is 2. The van der Waals surface area contributed by atoms with Crippen LogP contribution < -0.4 is 10.1 Å². The minimum absolute atomic E-state index is 0.663. The minimum atomic E-state index is 0.663. The highest BCUT2D eigenvalue weighted by Gasteiger charge is 2.31. The fraction of sp³-hybridized carbons (Fsp3) is 0.647. The molecular weight excluding hydrogens is 234 g/mol. The Balaban J connectivity index is 1.85. The molecule has 1 fully saturated rings. The Kier molecular flexibility index (Phi) is 4.87. The standard InChI is InChI=1S/C17H27NO/c1-5-17(12(2)3)18-15-9-14(10-15)13-7-6-8-16(11-13)19-4/h6-8,11-12,14-15,17-18H,5,9-10H2,1-4H3. The van der Waals surface area contributed by atoms with Crippen LogP contribution in [-0.2, 0) is 0 Å². The molecule has 1 atom stereocenters. The van der Waals surface area contributed by atoms with Gasteiger partial charge in [-0.2, -0.15) is 0 Å². The smallest absolute Gasteiger partial charge is 0.119 e. The van der Waals surface area contributed by atoms with E-state index in [2.05, 4.69) is 44.3 Å². The Morgan fingerprint density at radius 2 is 2.05 bits per heavy atom. The van der Waals surface area contributed by atoms with E-state index in [9.17, 15) is 0 Å². The zero-order chi connectivity index (χ0) is 13.8. The Hall–Kier alpha value is -1.02. The molecule has 2 rings (SSSR count). The van der Waals surface area contributed by atoms with Gasteiger partial charge in [-0.3, -0.25) is 0 Å². The molecule has 0 aliphatic heterocycles. The molecule has 1 aromatic rings. The number of nitrogens with one attached hydrogen (secondary N) is 1. The molecule has 1 N–H and O–H groups in total. The zero-order valence-electron chi connectivity index (χ0n) is 12.6. The molecule has 1 unspecified atom stereocenters. The molecule has 1 aliphatic carbocycles. The first kappa shape index (κ1) is 14.4. The van der Waals surface area contributed by atoms with E-state index in [1.54, 1.807) is 7.11 Å². The van der Waals surface area contributed by atoms with Crippen LogP contribution in [0.2, 0.25) is 0 Å². The molecule has 0 spiro atoms. The Bertz CT molecular complexity index is 396. The van der Waals surface area contributed by atoms with Crippen molar-refractivity contribution in [3.05, 3.63) is 29.8 Å². The summed E-state index contributed by atoms with van der Waals surface area (Å²) in [6.45, 7) is 6.88. The van der Waals surface area contributed by atoms with Crippen molar-refractivity contribution >= 4 is 0 Å². The molecule has 1 aliphatic rings. The van der Waals surface area contributed by atoms with Crippen molar-refractivity contribution in [2.75, 3.05) is 7.11 Å². The first-order valence-corrected chi connectivity index (χ1v) is 7.54. The predicted molar refractivity (Wildman–Crippen MR) is 80.8 cm³/mol. The highest BCUT2D eigenvalue weighted by molar-refractivity contribution is 5.32. The van der Waals surface area contributed by atoms with Crippen molar-refractivity contribution in [3.63, 3.8) is 0 Å². The molecule has 0 heterocycles. The van der Waals surface area contributed by atoms with Gasteiger partial charge in [-0.15, -0.1) is 0 Å². The lowest BCUT2D eigenvalue weighted by atomic mass is 9.75. The summed E-state index contributed by atoms with van der Waals surface area (Å²) in [7, 11) is 1.73. The van der Waals surface area contributed by atoms with E-state index in [0.29, 0.717) is 18.0 Å². The zero-order valence-corrected chi connectivity index (χ0v) is 12.6. The number of ether oxygens (including phenoxy) is 1. The summed E-state index contributed by atoms with van der Waals surface area (Å²) in [5, 5.41) is 3.80. The van der Waals surface area contributed by atoms with Gasteiger partial charge in [0.25, 0.3) is 0 Å². The van der Waals surface area contributed by atoms with Crippen molar-refractivity contribution in [2.24, 2.45) is 5.92 Å². The number of benzene rings is 1. The van der Waals surface area contributed by atoms with Gasteiger partial charge in [0.05, 0.1) is 7.11 Å². The van der Waals surface area contributed by atoms with Crippen LogP contribution in [0.4, 0.5) is 0 Å². The molecule has 0 aromatic heterocycles. The van der Waals surface area contributed by atoms with Crippen LogP contribution in [0.25, 0.3) is 0 Å². The van der Waals surface area contributed by atoms with Gasteiger partial charge in [0.2, 0.25) is 0 Å². The summed E-state index contributed by atoms with van der Waals surface area (Å²) in [4.78, 5) is 0. The van der Waals surface area contributed by atoms with Crippen LogP contribution in [0.5, 0.6) is 5.75 Å². The van der Waals surface area contributed by atoms with Crippen LogP contribution in [0.1, 0.15) is 51.5 Å². The van der Waals surface area contributed by atoms with Gasteiger partial charge >= 0.3 is 0 Å². The van der Waals surface area contributed by atoms with E-state index in [1.165, 1.54) is 24.8 Å². The van der Waals surface area contributed by atoms with Crippen molar-refractivity contribution in [1.82, 2.24) is 5.32 Å². The van der Waals surface area contributed by atoms with Gasteiger partial charge < -0.3 is 10.1 Å². The molecule has 106 valence electrons. The average molecular weight is 261 g/mol. The molecule has 0 saturated heterocycles. The average Bonchev–Trinajstić information content (AvgIpc) is 2.37. The summed E-state index contributed by atoms with van der Waals surface area (Å²) in [6, 6.07) is 9.88. The molecule has 0 bridgehead atoms. The number of methoxy groups -OCH3 is 1. The molecular formula is C17H27NO. The predicted octanol–water partition coefficient (Wildman–Crippen LogP) is 3.97. The fourth-order valence-corrected chi connectivity index (χ4v) is 3.01. The highest BCUT2D eigenvalue weighted by Crippen LogP contribution is 2.38. The topological polar surface area (TPSA) is 21.3 Å². The van der Waals surface area contributed by atoms with E-state index in [1.807, 2.05) is 6.07 Å². The first-order chi connectivity index (χ1) is 9.13. The van der Waals surface area contributed by atoms with Crippen molar-refractivity contribution < 1.29 is 4.74 Å². The van der Waals surface area contributed by atoms with E-state index < -0.39 is 0 Å². The van der Waals surface area contributed by atoms with E-state index in [4.69, 9.17) is 4.74 Å². The largest absolute Gasteiger partial charge is 0.497 e. The lowest BCUT2D eigenvalue weighted by molar-refractivity contribution is 0.236. The molecule has 1 aromatic carbocycles. The van der Waals surface area contributed by atoms with Crippen LogP contribution in [0.3, 0.4) is 0 Å². The maximum atomic E-state index is 5.30. The van der Waals surface area contributed by atoms with Crippen LogP contribution >= 0.6 is 0 Å². The van der Waals surface area contributed by atoms with Crippen molar-refractivity contribution in [1.29, 1.82) is 0 Å². The number of hydrogen-bond donors (Lipinski definition) is 1. The molecule has 0 radical (unpaired) electrons. The second-order valence-corrected chi connectivity index (χ2v) is 6.07. The summed E-state index contributed by atoms with van der Waals surface area (Å²) in [6.07, 6.45) is 3.74. The van der Waals surface area contributed by atoms with Crippen LogP contribution in [-0.4, -0.2) is 19.2 Å². The first-order valence-electron chi connectivity index (χ1n) is 7.54. The lowest BCUT2D eigenvalue weighted by Gasteiger charge is -2.39. The van der Waals surface area contributed by atoms with E-state index in [0.717, 1.165) is 11.7 Å². The third-order valence-corrected chi connectivity index (χ3v) is 4.40. The van der Waals surface area contributed by atoms with E-state index >= 15 is 0 Å². The fourth-order valence-electron chi connectivity index (χ4n) is 3.01. The van der Waals surface area contributed by atoms with Crippen molar-refractivity contribution in [2.45, 2.75) is 58.0 Å². The Morgan fingerprint density at radius 1 is 1.32 bits per heavy atom. The normalized spacial score (nSPS) is 24.1. The number of rotatable bonds is 6. The van der Waals surface area contributed by atoms with Crippen molar-refractivity contribution in [3.8, 4) is 5.75 Å². The molecule has 1 saturated carbocycles. The molecule has 0 amide bonds. The van der Waals surface area contributed by atoms with Gasteiger partial charge in [-0.1, -0.05) is 32.9 Å². The molecule has 2 nitrogen and oxygen atoms in total. The van der Waals surface area contributed by atoms with Gasteiger partial charge in [-0.05, 0) is 48.8 Å². The third-order valence-electron chi connectivity index (χ3n) is 4.40. The summed E-state index contributed by atoms with van der Waals surface area (Å²) in [5.41, 5.74) is 1.43. The second kappa shape index (κ2) is 6.42. The van der Waals surface area contributed by atoms with Crippen LogP contribution in [0.15, 0.2) is 24.3 Å². The second-order valence-electron chi connectivity index (χ2n) is 6.07. The van der Waals surface area contributed by atoms with E-state index in [-0.39, 0.29) is 0 Å². The Morgan fingerprint density at radius 3 is 2.63 bits per heavy atom. The van der Waals surface area contributed by atoms with Gasteiger partial charge in [0.1, 0.15) is 5.75 Å².